The number of nitrogens with two attached hydrogens (primary N) is 1. The van der Waals surface area contributed by atoms with Gasteiger partial charge in [0.15, 0.2) is 0 Å². The monoisotopic (exact) mass is 249 g/mol. The summed E-state index contributed by atoms with van der Waals surface area (Å²) in [6.45, 7) is 7.43. The number of hydrogen-bond donors (Lipinski definition) is 1. The molecule has 0 aliphatic rings. The molecular formula is C13H19N3S. The first-order valence-corrected chi connectivity index (χ1v) is 6.83. The summed E-state index contributed by atoms with van der Waals surface area (Å²) >= 11 is 1.78. The number of aromatic nitrogens is 2. The molecule has 0 aliphatic carbocycles. The number of anilines is 1. The van der Waals surface area contributed by atoms with E-state index in [4.69, 9.17) is 5.73 Å². The topological polar surface area (TPSA) is 43.8 Å². The third-order valence-electron chi connectivity index (χ3n) is 2.59. The second-order valence-electron chi connectivity index (χ2n) is 4.67. The molecule has 0 fully saturated rings. The van der Waals surface area contributed by atoms with Gasteiger partial charge in [-0.3, -0.25) is 4.68 Å². The van der Waals surface area contributed by atoms with Crippen LogP contribution in [-0.2, 0) is 13.0 Å². The normalized spacial score (nSPS) is 11.3. The molecule has 0 aliphatic heterocycles. The van der Waals surface area contributed by atoms with Gasteiger partial charge in [-0.15, -0.1) is 11.3 Å². The first-order valence-electron chi connectivity index (χ1n) is 6.02. The van der Waals surface area contributed by atoms with E-state index < -0.39 is 0 Å². The van der Waals surface area contributed by atoms with Gasteiger partial charge in [0.25, 0.3) is 0 Å². The number of nitrogen functional groups attached to an aromatic ring is 1. The largest absolute Gasteiger partial charge is 0.396 e. The number of hydrogen-bond acceptors (Lipinski definition) is 3. The Morgan fingerprint density at radius 2 is 2.18 bits per heavy atom. The average Bonchev–Trinajstić information content (AvgIpc) is 2.83. The van der Waals surface area contributed by atoms with Crippen LogP contribution in [0.3, 0.4) is 0 Å². The van der Waals surface area contributed by atoms with E-state index in [9.17, 15) is 0 Å². The Morgan fingerprint density at radius 1 is 1.41 bits per heavy atom. The number of aryl methyl sites for hydroxylation is 1. The maximum atomic E-state index is 6.02. The van der Waals surface area contributed by atoms with E-state index in [2.05, 4.69) is 38.0 Å². The SMILES string of the molecule is CCc1ccc(-c2nn(CC(C)C)cc2N)s1. The van der Waals surface area contributed by atoms with Crippen LogP contribution in [0.4, 0.5) is 5.69 Å². The Labute approximate surface area is 106 Å². The van der Waals surface area contributed by atoms with Gasteiger partial charge < -0.3 is 5.73 Å². The fraction of sp³-hybridized carbons (Fsp3) is 0.462. The van der Waals surface area contributed by atoms with E-state index in [1.807, 2.05) is 10.9 Å². The van der Waals surface area contributed by atoms with Crippen LogP contribution in [0.25, 0.3) is 10.6 Å². The molecule has 0 saturated heterocycles. The van der Waals surface area contributed by atoms with Crippen molar-refractivity contribution < 1.29 is 0 Å². The quantitative estimate of drug-likeness (QED) is 0.902. The molecule has 92 valence electrons. The molecule has 4 heteroatoms. The van der Waals surface area contributed by atoms with Crippen molar-refractivity contribution in [1.29, 1.82) is 0 Å². The molecule has 17 heavy (non-hydrogen) atoms. The molecule has 2 N–H and O–H groups in total. The van der Waals surface area contributed by atoms with Gasteiger partial charge in [-0.2, -0.15) is 5.10 Å². The predicted octanol–water partition coefficient (Wildman–Crippen LogP) is 3.41. The van der Waals surface area contributed by atoms with E-state index >= 15 is 0 Å². The van der Waals surface area contributed by atoms with Crippen molar-refractivity contribution in [2.45, 2.75) is 33.7 Å². The van der Waals surface area contributed by atoms with Crippen molar-refractivity contribution in [3.05, 3.63) is 23.2 Å². The molecule has 0 amide bonds. The highest BCUT2D eigenvalue weighted by Gasteiger charge is 2.11. The fourth-order valence-electron chi connectivity index (χ4n) is 1.79. The van der Waals surface area contributed by atoms with Crippen molar-refractivity contribution in [1.82, 2.24) is 9.78 Å². The second-order valence-corrected chi connectivity index (χ2v) is 5.84. The smallest absolute Gasteiger partial charge is 0.125 e. The van der Waals surface area contributed by atoms with Gasteiger partial charge in [-0.05, 0) is 24.5 Å². The Morgan fingerprint density at radius 3 is 2.76 bits per heavy atom. The molecule has 2 rings (SSSR count). The minimum Gasteiger partial charge on any atom is -0.396 e. The third-order valence-corrected chi connectivity index (χ3v) is 3.82. The van der Waals surface area contributed by atoms with Crippen LogP contribution in [0.5, 0.6) is 0 Å². The predicted molar refractivity (Wildman–Crippen MR) is 74.2 cm³/mol. The lowest BCUT2D eigenvalue weighted by molar-refractivity contribution is 0.484. The number of thiophene rings is 1. The van der Waals surface area contributed by atoms with Crippen molar-refractivity contribution in [2.24, 2.45) is 5.92 Å². The summed E-state index contributed by atoms with van der Waals surface area (Å²) in [4.78, 5) is 2.54. The van der Waals surface area contributed by atoms with Gasteiger partial charge in [0.1, 0.15) is 5.69 Å². The Kier molecular flexibility index (Phi) is 3.52. The minimum atomic E-state index is 0.580. The fourth-order valence-corrected chi connectivity index (χ4v) is 2.75. The van der Waals surface area contributed by atoms with E-state index in [0.29, 0.717) is 5.92 Å². The molecule has 2 aromatic heterocycles. The lowest BCUT2D eigenvalue weighted by atomic mass is 10.2. The van der Waals surface area contributed by atoms with Crippen molar-refractivity contribution in [3.63, 3.8) is 0 Å². The molecule has 0 atom stereocenters. The molecule has 0 bridgehead atoms. The number of nitrogens with zero attached hydrogens (tertiary/aromatic N) is 2. The third kappa shape index (κ3) is 2.69. The molecule has 0 aromatic carbocycles. The molecular weight excluding hydrogens is 230 g/mol. The Balaban J connectivity index is 2.29. The van der Waals surface area contributed by atoms with Gasteiger partial charge in [-0.25, -0.2) is 0 Å². The lowest BCUT2D eigenvalue weighted by Crippen LogP contribution is -2.04. The van der Waals surface area contributed by atoms with Gasteiger partial charge in [0.2, 0.25) is 0 Å². The second kappa shape index (κ2) is 4.92. The van der Waals surface area contributed by atoms with Gasteiger partial charge in [0, 0.05) is 17.6 Å². The highest BCUT2D eigenvalue weighted by atomic mass is 32.1. The Hall–Kier alpha value is -1.29. The maximum absolute atomic E-state index is 6.02. The van der Waals surface area contributed by atoms with Gasteiger partial charge in [0.05, 0.1) is 10.6 Å². The summed E-state index contributed by atoms with van der Waals surface area (Å²) < 4.78 is 1.95. The number of rotatable bonds is 4. The summed E-state index contributed by atoms with van der Waals surface area (Å²) in [5, 5.41) is 4.57. The zero-order valence-corrected chi connectivity index (χ0v) is 11.4. The molecule has 3 nitrogen and oxygen atoms in total. The molecule has 0 radical (unpaired) electrons. The van der Waals surface area contributed by atoms with E-state index in [-0.39, 0.29) is 0 Å². The molecule has 0 unspecified atom stereocenters. The van der Waals surface area contributed by atoms with E-state index in [0.717, 1.165) is 24.3 Å². The molecule has 2 heterocycles. The van der Waals surface area contributed by atoms with Crippen LogP contribution in [0, 0.1) is 5.92 Å². The summed E-state index contributed by atoms with van der Waals surface area (Å²) in [7, 11) is 0. The minimum absolute atomic E-state index is 0.580. The van der Waals surface area contributed by atoms with E-state index in [1.165, 1.54) is 9.75 Å². The first-order chi connectivity index (χ1) is 8.10. The average molecular weight is 249 g/mol. The first kappa shape index (κ1) is 12.2. The molecule has 2 aromatic rings. The van der Waals surface area contributed by atoms with E-state index in [1.54, 1.807) is 11.3 Å². The van der Waals surface area contributed by atoms with Gasteiger partial charge >= 0.3 is 0 Å². The summed E-state index contributed by atoms with van der Waals surface area (Å²) in [5.41, 5.74) is 7.72. The van der Waals surface area contributed by atoms with Crippen molar-refractivity contribution in [2.75, 3.05) is 5.73 Å². The van der Waals surface area contributed by atoms with Crippen LogP contribution in [-0.4, -0.2) is 9.78 Å². The van der Waals surface area contributed by atoms with Crippen LogP contribution < -0.4 is 5.73 Å². The summed E-state index contributed by atoms with van der Waals surface area (Å²) in [6.07, 6.45) is 3.00. The molecule has 0 saturated carbocycles. The molecule has 0 spiro atoms. The zero-order chi connectivity index (χ0) is 12.4. The highest BCUT2D eigenvalue weighted by molar-refractivity contribution is 7.15. The zero-order valence-electron chi connectivity index (χ0n) is 10.6. The Bertz CT molecular complexity index is 496. The van der Waals surface area contributed by atoms with Crippen molar-refractivity contribution in [3.8, 4) is 10.6 Å². The summed E-state index contributed by atoms with van der Waals surface area (Å²) in [5.74, 6) is 0.580. The summed E-state index contributed by atoms with van der Waals surface area (Å²) in [6, 6.07) is 4.27. The van der Waals surface area contributed by atoms with Crippen LogP contribution in [0.15, 0.2) is 18.3 Å². The van der Waals surface area contributed by atoms with Crippen LogP contribution >= 0.6 is 11.3 Å². The maximum Gasteiger partial charge on any atom is 0.125 e. The highest BCUT2D eigenvalue weighted by Crippen LogP contribution is 2.31. The standard InChI is InChI=1S/C13H19N3S/c1-4-10-5-6-12(17-10)13-11(14)8-16(15-13)7-9(2)3/h5-6,8-9H,4,7,14H2,1-3H3. The van der Waals surface area contributed by atoms with Crippen molar-refractivity contribution >= 4 is 17.0 Å². The van der Waals surface area contributed by atoms with Crippen LogP contribution in [0.1, 0.15) is 25.6 Å². The lowest BCUT2D eigenvalue weighted by Gasteiger charge is -2.03. The van der Waals surface area contributed by atoms with Gasteiger partial charge in [-0.1, -0.05) is 20.8 Å². The van der Waals surface area contributed by atoms with Crippen LogP contribution in [0.2, 0.25) is 0 Å².